The molecule has 3 aliphatic rings. The standard InChI is InChI=1S/C29H35ClF2N4O7S/c1-28(2,3)42-27(38)34-10-11-35-16(13-34)15-41-24-20(26(35)37)25(36-14-17(12-29(36,4)5)43-44(6,39)40)33-23(21(24)30)18-8-7-9-19(31)22(18)32/h7-9,16-17H,10-15H2,1-6H3/t16-,17?/m1/s1. The number of hydrogen-bond donors (Lipinski definition) is 0. The predicted octanol–water partition coefficient (Wildman–Crippen LogP) is 4.47. The first-order chi connectivity index (χ1) is 20.4. The fraction of sp³-hybridized carbons (Fsp3) is 0.552. The number of benzene rings is 1. The highest BCUT2D eigenvalue weighted by Gasteiger charge is 2.47. The highest BCUT2D eigenvalue weighted by molar-refractivity contribution is 7.86. The van der Waals surface area contributed by atoms with Crippen molar-refractivity contribution < 1.29 is 40.4 Å². The zero-order valence-corrected chi connectivity index (χ0v) is 26.9. The molecule has 11 nitrogen and oxygen atoms in total. The molecule has 2 amide bonds. The molecule has 44 heavy (non-hydrogen) atoms. The molecule has 15 heteroatoms. The monoisotopic (exact) mass is 656 g/mol. The van der Waals surface area contributed by atoms with Gasteiger partial charge in [-0.15, -0.1) is 0 Å². The summed E-state index contributed by atoms with van der Waals surface area (Å²) in [5.41, 5.74) is -1.89. The summed E-state index contributed by atoms with van der Waals surface area (Å²) in [5, 5.41) is -0.189. The van der Waals surface area contributed by atoms with Gasteiger partial charge in [0.1, 0.15) is 28.6 Å². The average Bonchev–Trinajstić information content (AvgIpc) is 3.10. The summed E-state index contributed by atoms with van der Waals surface area (Å²) in [6.07, 6.45) is -0.0791. The molecule has 1 aromatic heterocycles. The fourth-order valence-corrected chi connectivity index (χ4v) is 6.78. The van der Waals surface area contributed by atoms with E-state index in [1.165, 1.54) is 17.0 Å². The van der Waals surface area contributed by atoms with Gasteiger partial charge in [-0.25, -0.2) is 18.6 Å². The molecule has 0 saturated carbocycles. The minimum Gasteiger partial charge on any atom is -0.489 e. The summed E-state index contributed by atoms with van der Waals surface area (Å²) in [5.74, 6) is -2.78. The third-order valence-electron chi connectivity index (χ3n) is 7.72. The lowest BCUT2D eigenvalue weighted by Gasteiger charge is -2.40. The Hall–Kier alpha value is -3.23. The summed E-state index contributed by atoms with van der Waals surface area (Å²) in [6, 6.07) is 3.00. The lowest BCUT2D eigenvalue weighted by molar-refractivity contribution is 0.000951. The van der Waals surface area contributed by atoms with Gasteiger partial charge < -0.3 is 24.2 Å². The van der Waals surface area contributed by atoms with Gasteiger partial charge in [0.25, 0.3) is 16.0 Å². The van der Waals surface area contributed by atoms with Crippen LogP contribution in [0, 0.1) is 11.6 Å². The number of aromatic nitrogens is 1. The van der Waals surface area contributed by atoms with Crippen molar-refractivity contribution in [1.29, 1.82) is 0 Å². The van der Waals surface area contributed by atoms with Crippen molar-refractivity contribution in [3.05, 3.63) is 40.4 Å². The summed E-state index contributed by atoms with van der Waals surface area (Å²) in [7, 11) is -3.81. The molecule has 1 unspecified atom stereocenters. The number of anilines is 1. The third kappa shape index (κ3) is 6.29. The van der Waals surface area contributed by atoms with Gasteiger partial charge in [0, 0.05) is 37.3 Å². The van der Waals surface area contributed by atoms with E-state index in [1.54, 1.807) is 30.6 Å². The van der Waals surface area contributed by atoms with Gasteiger partial charge in [-0.3, -0.25) is 8.98 Å². The normalized spacial score (nSPS) is 21.8. The molecule has 2 aromatic rings. The van der Waals surface area contributed by atoms with Crippen molar-refractivity contribution in [3.63, 3.8) is 0 Å². The maximum atomic E-state index is 15.1. The Morgan fingerprint density at radius 2 is 1.89 bits per heavy atom. The molecule has 0 radical (unpaired) electrons. The zero-order valence-electron chi connectivity index (χ0n) is 25.3. The number of ether oxygens (including phenoxy) is 2. The summed E-state index contributed by atoms with van der Waals surface area (Å²) in [4.78, 5) is 36.6. The molecular weight excluding hydrogens is 622 g/mol. The Kier molecular flexibility index (Phi) is 8.25. The molecule has 3 aliphatic heterocycles. The minimum atomic E-state index is -3.81. The second kappa shape index (κ2) is 11.3. The van der Waals surface area contributed by atoms with Crippen LogP contribution in [0.1, 0.15) is 51.4 Å². The molecule has 0 N–H and O–H groups in total. The van der Waals surface area contributed by atoms with Crippen molar-refractivity contribution in [2.24, 2.45) is 0 Å². The molecule has 240 valence electrons. The number of nitrogens with zero attached hydrogens (tertiary/aromatic N) is 4. The number of carbonyl (C=O) groups is 2. The number of halogens is 3. The van der Waals surface area contributed by atoms with Gasteiger partial charge in [0.15, 0.2) is 17.4 Å². The van der Waals surface area contributed by atoms with Crippen LogP contribution >= 0.6 is 11.6 Å². The first-order valence-electron chi connectivity index (χ1n) is 14.1. The molecular formula is C29H35ClF2N4O7S. The van der Waals surface area contributed by atoms with E-state index >= 15 is 4.39 Å². The maximum absolute atomic E-state index is 15.1. The summed E-state index contributed by atoms with van der Waals surface area (Å²) >= 11 is 6.78. The van der Waals surface area contributed by atoms with Crippen LogP contribution in [0.4, 0.5) is 19.4 Å². The smallest absolute Gasteiger partial charge is 0.410 e. The van der Waals surface area contributed by atoms with E-state index in [0.29, 0.717) is 0 Å². The fourth-order valence-electron chi connectivity index (χ4n) is 5.87. The summed E-state index contributed by atoms with van der Waals surface area (Å²) in [6.45, 7) is 9.39. The number of piperazine rings is 1. The number of hydrogen-bond acceptors (Lipinski definition) is 9. The molecule has 0 bridgehead atoms. The van der Waals surface area contributed by atoms with Crippen molar-refractivity contribution in [3.8, 4) is 17.0 Å². The number of carbonyl (C=O) groups excluding carboxylic acids is 2. The second-order valence-corrected chi connectivity index (χ2v) is 14.8. The summed E-state index contributed by atoms with van der Waals surface area (Å²) < 4.78 is 70.4. The van der Waals surface area contributed by atoms with E-state index in [1.807, 2.05) is 13.8 Å². The zero-order chi connectivity index (χ0) is 32.4. The Morgan fingerprint density at radius 3 is 2.55 bits per heavy atom. The van der Waals surface area contributed by atoms with Crippen molar-refractivity contribution in [1.82, 2.24) is 14.8 Å². The van der Waals surface area contributed by atoms with E-state index in [2.05, 4.69) is 4.98 Å². The molecule has 0 spiro atoms. The van der Waals surface area contributed by atoms with Crippen LogP contribution in [-0.4, -0.2) is 97.5 Å². The molecule has 0 aliphatic carbocycles. The Balaban J connectivity index is 1.61. The molecule has 5 rings (SSSR count). The lowest BCUT2D eigenvalue weighted by Crippen LogP contribution is -2.58. The number of rotatable bonds is 4. The predicted molar refractivity (Wildman–Crippen MR) is 158 cm³/mol. The average molecular weight is 657 g/mol. The van der Waals surface area contributed by atoms with E-state index in [4.69, 9.17) is 25.3 Å². The number of fused-ring (bicyclic) bond motifs is 2. The van der Waals surface area contributed by atoms with Crippen molar-refractivity contribution in [2.45, 2.75) is 64.3 Å². The molecule has 1 aromatic carbocycles. The SMILES string of the molecule is CC(C)(C)OC(=O)N1CCN2C(=O)c3c(N4CC(OS(C)(=O)=O)CC4(C)C)nc(-c4cccc(F)c4F)c(Cl)c3OC[C@H]2C1. The van der Waals surface area contributed by atoms with Crippen LogP contribution in [0.15, 0.2) is 18.2 Å². The largest absolute Gasteiger partial charge is 0.489 e. The Bertz CT molecular complexity index is 1620. The Morgan fingerprint density at radius 1 is 1.18 bits per heavy atom. The quantitative estimate of drug-likeness (QED) is 0.439. The second-order valence-electron chi connectivity index (χ2n) is 12.8. The van der Waals surface area contributed by atoms with Crippen LogP contribution in [-0.2, 0) is 19.0 Å². The van der Waals surface area contributed by atoms with Crippen LogP contribution in [0.5, 0.6) is 5.75 Å². The minimum absolute atomic E-state index is 0.00291. The van der Waals surface area contributed by atoms with Crippen LogP contribution in [0.25, 0.3) is 11.3 Å². The third-order valence-corrected chi connectivity index (χ3v) is 8.69. The van der Waals surface area contributed by atoms with Crippen molar-refractivity contribution >= 4 is 39.5 Å². The van der Waals surface area contributed by atoms with Crippen LogP contribution < -0.4 is 9.64 Å². The van der Waals surface area contributed by atoms with E-state index in [0.717, 1.165) is 12.3 Å². The topological polar surface area (TPSA) is 119 Å². The maximum Gasteiger partial charge on any atom is 0.410 e. The molecule has 2 saturated heterocycles. The Labute approximate surface area is 260 Å². The van der Waals surface area contributed by atoms with E-state index in [9.17, 15) is 22.4 Å². The first-order valence-corrected chi connectivity index (χ1v) is 16.3. The van der Waals surface area contributed by atoms with Crippen LogP contribution in [0.3, 0.4) is 0 Å². The van der Waals surface area contributed by atoms with Gasteiger partial charge in [-0.05, 0) is 53.2 Å². The van der Waals surface area contributed by atoms with Gasteiger partial charge in [0.2, 0.25) is 0 Å². The molecule has 2 atom stereocenters. The van der Waals surface area contributed by atoms with E-state index < -0.39 is 57.0 Å². The van der Waals surface area contributed by atoms with Gasteiger partial charge in [-0.1, -0.05) is 17.7 Å². The molecule has 2 fully saturated rings. The highest BCUT2D eigenvalue weighted by atomic mass is 35.5. The van der Waals surface area contributed by atoms with E-state index in [-0.39, 0.29) is 72.6 Å². The number of amides is 2. The van der Waals surface area contributed by atoms with Gasteiger partial charge >= 0.3 is 6.09 Å². The first kappa shape index (κ1) is 32.2. The van der Waals surface area contributed by atoms with Crippen LogP contribution in [0.2, 0.25) is 5.02 Å². The van der Waals surface area contributed by atoms with Crippen molar-refractivity contribution in [2.75, 3.05) is 43.9 Å². The van der Waals surface area contributed by atoms with Gasteiger partial charge in [-0.2, -0.15) is 8.42 Å². The number of pyridine rings is 1. The highest BCUT2D eigenvalue weighted by Crippen LogP contribution is 2.47. The molecule has 4 heterocycles. The lowest BCUT2D eigenvalue weighted by atomic mass is 10.00. The van der Waals surface area contributed by atoms with Gasteiger partial charge in [0.05, 0.1) is 24.1 Å².